The van der Waals surface area contributed by atoms with Crippen LogP contribution in [0.5, 0.6) is 0 Å². The number of pyridine rings is 1. The maximum atomic E-state index is 12.4. The molecule has 150 valence electrons. The Kier molecular flexibility index (Phi) is 6.41. The zero-order valence-electron chi connectivity index (χ0n) is 15.9. The van der Waals surface area contributed by atoms with Crippen LogP contribution in [0.25, 0.3) is 11.5 Å². The molecule has 0 bridgehead atoms. The fraction of sp³-hybridized carbons (Fsp3) is 0.0909. The summed E-state index contributed by atoms with van der Waals surface area (Å²) < 4.78 is 1.98. The predicted octanol–water partition coefficient (Wildman–Crippen LogP) is 4.77. The van der Waals surface area contributed by atoms with Crippen LogP contribution >= 0.6 is 23.4 Å². The molecule has 2 aromatic carbocycles. The smallest absolute Gasteiger partial charge is 0.234 e. The summed E-state index contributed by atoms with van der Waals surface area (Å²) in [6.45, 7) is 0.584. The number of nitrogens with one attached hydrogen (secondary N) is 1. The molecule has 4 rings (SSSR count). The zero-order chi connectivity index (χ0) is 20.8. The number of thioether (sulfide) groups is 1. The number of rotatable bonds is 7. The van der Waals surface area contributed by atoms with Crippen molar-refractivity contribution in [3.63, 3.8) is 0 Å². The van der Waals surface area contributed by atoms with Gasteiger partial charge in [0.2, 0.25) is 5.91 Å². The third-order valence-electron chi connectivity index (χ3n) is 4.25. The number of aromatic nitrogens is 4. The lowest BCUT2D eigenvalue weighted by molar-refractivity contribution is -0.113. The first-order valence-electron chi connectivity index (χ1n) is 9.26. The molecule has 0 saturated carbocycles. The van der Waals surface area contributed by atoms with E-state index in [-0.39, 0.29) is 11.7 Å². The SMILES string of the molecule is O=C(CSc1nnc(-c2ccccn2)n1Cc1ccccc1)Nc1ccc(Cl)cc1. The van der Waals surface area contributed by atoms with Gasteiger partial charge in [0.25, 0.3) is 0 Å². The Morgan fingerprint density at radius 3 is 2.47 bits per heavy atom. The molecule has 0 unspecified atom stereocenters. The number of carbonyl (C=O) groups is 1. The van der Waals surface area contributed by atoms with Crippen LogP contribution in [0.4, 0.5) is 5.69 Å². The molecule has 0 saturated heterocycles. The van der Waals surface area contributed by atoms with E-state index in [4.69, 9.17) is 11.6 Å². The van der Waals surface area contributed by atoms with Crippen LogP contribution in [0.15, 0.2) is 84.1 Å². The summed E-state index contributed by atoms with van der Waals surface area (Å²) in [6.07, 6.45) is 1.73. The number of nitrogens with zero attached hydrogens (tertiary/aromatic N) is 4. The lowest BCUT2D eigenvalue weighted by Gasteiger charge is -2.10. The Balaban J connectivity index is 1.52. The number of benzene rings is 2. The van der Waals surface area contributed by atoms with Crippen LogP contribution in [0, 0.1) is 0 Å². The van der Waals surface area contributed by atoms with Crippen molar-refractivity contribution in [3.05, 3.63) is 89.6 Å². The first-order chi connectivity index (χ1) is 14.7. The third-order valence-corrected chi connectivity index (χ3v) is 5.47. The van der Waals surface area contributed by atoms with E-state index in [1.165, 1.54) is 11.8 Å². The highest BCUT2D eigenvalue weighted by Crippen LogP contribution is 2.24. The summed E-state index contributed by atoms with van der Waals surface area (Å²) in [5.74, 6) is 0.744. The maximum absolute atomic E-state index is 12.4. The fourth-order valence-corrected chi connectivity index (χ4v) is 3.71. The monoisotopic (exact) mass is 435 g/mol. The second-order valence-electron chi connectivity index (χ2n) is 6.44. The Hall–Kier alpha value is -3.16. The van der Waals surface area contributed by atoms with Crippen molar-refractivity contribution in [3.8, 4) is 11.5 Å². The quantitative estimate of drug-likeness (QED) is 0.423. The molecule has 0 radical (unpaired) electrons. The molecular weight excluding hydrogens is 418 g/mol. The van der Waals surface area contributed by atoms with Gasteiger partial charge in [-0.25, -0.2) is 0 Å². The van der Waals surface area contributed by atoms with Crippen LogP contribution in [0.2, 0.25) is 5.02 Å². The van der Waals surface area contributed by atoms with Crippen LogP contribution in [0.1, 0.15) is 5.56 Å². The van der Waals surface area contributed by atoms with Crippen LogP contribution in [-0.2, 0) is 11.3 Å². The molecule has 1 amide bonds. The second-order valence-corrected chi connectivity index (χ2v) is 7.82. The molecule has 30 heavy (non-hydrogen) atoms. The van der Waals surface area contributed by atoms with Crippen molar-refractivity contribution in [2.24, 2.45) is 0 Å². The Labute approximate surface area is 183 Å². The highest BCUT2D eigenvalue weighted by molar-refractivity contribution is 7.99. The van der Waals surface area contributed by atoms with E-state index < -0.39 is 0 Å². The van der Waals surface area contributed by atoms with E-state index >= 15 is 0 Å². The number of carbonyl (C=O) groups excluding carboxylic acids is 1. The van der Waals surface area contributed by atoms with Crippen molar-refractivity contribution in [2.45, 2.75) is 11.7 Å². The zero-order valence-corrected chi connectivity index (χ0v) is 17.5. The lowest BCUT2D eigenvalue weighted by atomic mass is 10.2. The van der Waals surface area contributed by atoms with Gasteiger partial charge in [0.15, 0.2) is 11.0 Å². The summed E-state index contributed by atoms with van der Waals surface area (Å²) in [6, 6.07) is 22.7. The van der Waals surface area contributed by atoms with Crippen LogP contribution in [-0.4, -0.2) is 31.4 Å². The molecule has 0 spiro atoms. The van der Waals surface area contributed by atoms with Crippen LogP contribution < -0.4 is 5.32 Å². The van der Waals surface area contributed by atoms with E-state index in [2.05, 4.69) is 20.5 Å². The van der Waals surface area contributed by atoms with E-state index in [1.807, 2.05) is 53.1 Å². The van der Waals surface area contributed by atoms with Crippen molar-refractivity contribution in [1.29, 1.82) is 0 Å². The number of amides is 1. The van der Waals surface area contributed by atoms with Crippen molar-refractivity contribution < 1.29 is 4.79 Å². The lowest BCUT2D eigenvalue weighted by Crippen LogP contribution is -2.14. The number of anilines is 1. The van der Waals surface area contributed by atoms with Gasteiger partial charge >= 0.3 is 0 Å². The summed E-state index contributed by atoms with van der Waals surface area (Å²) in [4.78, 5) is 16.8. The van der Waals surface area contributed by atoms with E-state index in [0.717, 1.165) is 11.3 Å². The van der Waals surface area contributed by atoms with Gasteiger partial charge in [0, 0.05) is 16.9 Å². The first kappa shape index (κ1) is 20.1. The van der Waals surface area contributed by atoms with Crippen LogP contribution in [0.3, 0.4) is 0 Å². The number of halogens is 1. The van der Waals surface area contributed by atoms with Gasteiger partial charge < -0.3 is 5.32 Å². The Morgan fingerprint density at radius 1 is 0.967 bits per heavy atom. The van der Waals surface area contributed by atoms with E-state index in [0.29, 0.717) is 28.2 Å². The van der Waals surface area contributed by atoms with E-state index in [9.17, 15) is 4.79 Å². The normalized spacial score (nSPS) is 10.7. The minimum Gasteiger partial charge on any atom is -0.325 e. The Bertz CT molecular complexity index is 1120. The molecule has 0 atom stereocenters. The molecule has 1 N–H and O–H groups in total. The highest BCUT2D eigenvalue weighted by Gasteiger charge is 2.17. The molecule has 0 fully saturated rings. The summed E-state index contributed by atoms with van der Waals surface area (Å²) in [5, 5.41) is 12.8. The molecule has 4 aromatic rings. The largest absolute Gasteiger partial charge is 0.325 e. The van der Waals surface area contributed by atoms with Crippen molar-refractivity contribution in [2.75, 3.05) is 11.1 Å². The van der Waals surface area contributed by atoms with Gasteiger partial charge in [0.05, 0.1) is 12.3 Å². The average Bonchev–Trinajstić information content (AvgIpc) is 3.17. The van der Waals surface area contributed by atoms with Gasteiger partial charge in [-0.05, 0) is 42.0 Å². The summed E-state index contributed by atoms with van der Waals surface area (Å²) in [5.41, 5.74) is 2.55. The standard InChI is InChI=1S/C22H18ClN5OS/c23-17-9-11-18(12-10-17)25-20(29)15-30-22-27-26-21(19-8-4-5-13-24-19)28(22)14-16-6-2-1-3-7-16/h1-13H,14-15H2,(H,25,29). The molecular formula is C22H18ClN5OS. The number of hydrogen-bond acceptors (Lipinski definition) is 5. The summed E-state index contributed by atoms with van der Waals surface area (Å²) in [7, 11) is 0. The summed E-state index contributed by atoms with van der Waals surface area (Å²) >= 11 is 7.22. The topological polar surface area (TPSA) is 72.7 Å². The minimum absolute atomic E-state index is 0.129. The first-order valence-corrected chi connectivity index (χ1v) is 10.6. The van der Waals surface area contributed by atoms with Gasteiger partial charge in [-0.15, -0.1) is 10.2 Å². The van der Waals surface area contributed by atoms with Gasteiger partial charge in [-0.2, -0.15) is 0 Å². The molecule has 8 heteroatoms. The van der Waals surface area contributed by atoms with Crippen molar-refractivity contribution in [1.82, 2.24) is 19.7 Å². The molecule has 2 heterocycles. The minimum atomic E-state index is -0.129. The molecule has 2 aromatic heterocycles. The molecule has 0 aliphatic carbocycles. The van der Waals surface area contributed by atoms with Gasteiger partial charge in [-0.1, -0.05) is 59.8 Å². The van der Waals surface area contributed by atoms with Gasteiger partial charge in [0.1, 0.15) is 5.69 Å². The predicted molar refractivity (Wildman–Crippen MR) is 120 cm³/mol. The maximum Gasteiger partial charge on any atom is 0.234 e. The average molecular weight is 436 g/mol. The molecule has 6 nitrogen and oxygen atoms in total. The Morgan fingerprint density at radius 2 is 1.73 bits per heavy atom. The molecule has 0 aliphatic rings. The van der Waals surface area contributed by atoms with E-state index in [1.54, 1.807) is 30.5 Å². The number of hydrogen-bond donors (Lipinski definition) is 1. The highest BCUT2D eigenvalue weighted by atomic mass is 35.5. The van der Waals surface area contributed by atoms with Crippen molar-refractivity contribution >= 4 is 35.0 Å². The van der Waals surface area contributed by atoms with Gasteiger partial charge in [-0.3, -0.25) is 14.3 Å². The second kappa shape index (κ2) is 9.56. The molecule has 0 aliphatic heterocycles. The third kappa shape index (κ3) is 5.06. The fourth-order valence-electron chi connectivity index (χ4n) is 2.85.